The van der Waals surface area contributed by atoms with Crippen LogP contribution in [0.15, 0.2) is 60.9 Å². The van der Waals surface area contributed by atoms with E-state index in [-0.39, 0.29) is 5.91 Å². The van der Waals surface area contributed by atoms with Crippen molar-refractivity contribution < 1.29 is 14.3 Å². The highest BCUT2D eigenvalue weighted by Crippen LogP contribution is 2.29. The molecule has 0 unspecified atom stereocenters. The standard InChI is InChI=1S/C24H28N4O3/c1-30-22-9-7-19(17-23(22)31-18-20-5-3-2-4-6-20)8-10-24(29)27-14-11-21(12-15-27)28-16-13-25-26-28/h2-7,9,13,16-17,21H,8,10-12,14-15,18H2,1H3. The van der Waals surface area contributed by atoms with Crippen molar-refractivity contribution in [2.24, 2.45) is 0 Å². The van der Waals surface area contributed by atoms with E-state index in [0.29, 0.717) is 37.0 Å². The summed E-state index contributed by atoms with van der Waals surface area (Å²) in [5, 5.41) is 7.96. The molecule has 3 aromatic rings. The van der Waals surface area contributed by atoms with Gasteiger partial charge in [0.05, 0.1) is 19.3 Å². The molecule has 0 bridgehead atoms. The summed E-state index contributed by atoms with van der Waals surface area (Å²) in [5.41, 5.74) is 2.16. The Bertz CT molecular complexity index is 968. The zero-order valence-corrected chi connectivity index (χ0v) is 17.8. The Balaban J connectivity index is 1.30. The normalized spacial score (nSPS) is 14.4. The second-order valence-corrected chi connectivity index (χ2v) is 7.75. The molecule has 7 nitrogen and oxygen atoms in total. The minimum absolute atomic E-state index is 0.194. The van der Waals surface area contributed by atoms with Gasteiger partial charge in [0.1, 0.15) is 6.61 Å². The first-order chi connectivity index (χ1) is 15.2. The van der Waals surface area contributed by atoms with Crippen LogP contribution in [-0.2, 0) is 17.8 Å². The number of carbonyl (C=O) groups is 1. The van der Waals surface area contributed by atoms with Gasteiger partial charge in [0, 0.05) is 25.7 Å². The van der Waals surface area contributed by atoms with E-state index in [9.17, 15) is 4.79 Å². The van der Waals surface area contributed by atoms with Crippen LogP contribution in [0.1, 0.15) is 36.4 Å². The molecule has 2 aromatic carbocycles. The van der Waals surface area contributed by atoms with Gasteiger partial charge in [0.2, 0.25) is 5.91 Å². The number of amides is 1. The number of rotatable bonds is 8. The Morgan fingerprint density at radius 3 is 2.58 bits per heavy atom. The molecule has 1 aromatic heterocycles. The number of hydrogen-bond acceptors (Lipinski definition) is 5. The molecule has 31 heavy (non-hydrogen) atoms. The van der Waals surface area contributed by atoms with Gasteiger partial charge < -0.3 is 14.4 Å². The number of nitrogens with zero attached hydrogens (tertiary/aromatic N) is 4. The maximum absolute atomic E-state index is 12.7. The molecule has 0 spiro atoms. The first-order valence-corrected chi connectivity index (χ1v) is 10.7. The topological polar surface area (TPSA) is 69.5 Å². The minimum atomic E-state index is 0.194. The summed E-state index contributed by atoms with van der Waals surface area (Å²) in [7, 11) is 1.64. The number of carbonyl (C=O) groups excluding carboxylic acids is 1. The molecule has 0 radical (unpaired) electrons. The van der Waals surface area contributed by atoms with Gasteiger partial charge in [-0.1, -0.05) is 41.6 Å². The predicted molar refractivity (Wildman–Crippen MR) is 117 cm³/mol. The summed E-state index contributed by atoms with van der Waals surface area (Å²) in [5.74, 6) is 1.59. The SMILES string of the molecule is COc1ccc(CCC(=O)N2CCC(n3ccnn3)CC2)cc1OCc1ccccc1. The Kier molecular flexibility index (Phi) is 6.82. The van der Waals surface area contributed by atoms with E-state index in [2.05, 4.69) is 10.3 Å². The number of methoxy groups -OCH3 is 1. The van der Waals surface area contributed by atoms with Gasteiger partial charge in [-0.3, -0.25) is 4.79 Å². The molecule has 1 amide bonds. The fourth-order valence-corrected chi connectivity index (χ4v) is 3.93. The zero-order valence-electron chi connectivity index (χ0n) is 17.8. The molecule has 1 fully saturated rings. The van der Waals surface area contributed by atoms with E-state index in [4.69, 9.17) is 9.47 Å². The molecule has 0 saturated carbocycles. The number of likely N-dealkylation sites (tertiary alicyclic amines) is 1. The minimum Gasteiger partial charge on any atom is -0.493 e. The molecule has 0 atom stereocenters. The predicted octanol–water partition coefficient (Wildman–Crippen LogP) is 3.66. The number of aromatic nitrogens is 3. The molecule has 1 aliphatic rings. The number of aryl methyl sites for hydroxylation is 1. The van der Waals surface area contributed by atoms with E-state index in [1.54, 1.807) is 13.3 Å². The van der Waals surface area contributed by atoms with Crippen molar-refractivity contribution in [3.05, 3.63) is 72.1 Å². The maximum Gasteiger partial charge on any atom is 0.222 e. The molecule has 0 aliphatic carbocycles. The van der Waals surface area contributed by atoms with Gasteiger partial charge in [0.25, 0.3) is 0 Å². The van der Waals surface area contributed by atoms with Crippen molar-refractivity contribution in [3.63, 3.8) is 0 Å². The molecular weight excluding hydrogens is 392 g/mol. The average molecular weight is 421 g/mol. The second-order valence-electron chi connectivity index (χ2n) is 7.75. The Hall–Kier alpha value is -3.35. The Morgan fingerprint density at radius 1 is 1.06 bits per heavy atom. The third-order valence-electron chi connectivity index (χ3n) is 5.73. The lowest BCUT2D eigenvalue weighted by Gasteiger charge is -2.32. The van der Waals surface area contributed by atoms with Crippen molar-refractivity contribution in [1.82, 2.24) is 19.9 Å². The highest BCUT2D eigenvalue weighted by Gasteiger charge is 2.24. The number of piperidine rings is 1. The summed E-state index contributed by atoms with van der Waals surface area (Å²) >= 11 is 0. The highest BCUT2D eigenvalue weighted by molar-refractivity contribution is 5.76. The molecule has 162 valence electrons. The van der Waals surface area contributed by atoms with Crippen LogP contribution >= 0.6 is 0 Å². The third kappa shape index (κ3) is 5.42. The fourth-order valence-electron chi connectivity index (χ4n) is 3.93. The van der Waals surface area contributed by atoms with Crippen LogP contribution in [0.3, 0.4) is 0 Å². The van der Waals surface area contributed by atoms with Crippen LogP contribution in [0.4, 0.5) is 0 Å². The lowest BCUT2D eigenvalue weighted by molar-refractivity contribution is -0.132. The van der Waals surface area contributed by atoms with Gasteiger partial charge >= 0.3 is 0 Å². The summed E-state index contributed by atoms with van der Waals surface area (Å²) in [6.45, 7) is 2.00. The number of benzene rings is 2. The van der Waals surface area contributed by atoms with Gasteiger partial charge in [-0.05, 0) is 42.5 Å². The molecule has 1 aliphatic heterocycles. The zero-order chi connectivity index (χ0) is 21.5. The second kappa shape index (κ2) is 10.1. The Labute approximate surface area is 182 Å². The van der Waals surface area contributed by atoms with Gasteiger partial charge in [-0.2, -0.15) is 0 Å². The van der Waals surface area contributed by atoms with Crippen molar-refractivity contribution >= 4 is 5.91 Å². The van der Waals surface area contributed by atoms with Gasteiger partial charge in [-0.25, -0.2) is 4.68 Å². The molecule has 4 rings (SSSR count). The first-order valence-electron chi connectivity index (χ1n) is 10.7. The van der Waals surface area contributed by atoms with Crippen molar-refractivity contribution in [2.45, 2.75) is 38.3 Å². The van der Waals surface area contributed by atoms with E-state index < -0.39 is 0 Å². The van der Waals surface area contributed by atoms with Crippen LogP contribution in [0.25, 0.3) is 0 Å². The number of hydrogen-bond donors (Lipinski definition) is 0. The molecule has 2 heterocycles. The smallest absolute Gasteiger partial charge is 0.222 e. The quantitative estimate of drug-likeness (QED) is 0.556. The Morgan fingerprint density at radius 2 is 1.87 bits per heavy atom. The number of ether oxygens (including phenoxy) is 2. The summed E-state index contributed by atoms with van der Waals surface area (Å²) in [6, 6.07) is 16.2. The highest BCUT2D eigenvalue weighted by atomic mass is 16.5. The van der Waals surface area contributed by atoms with E-state index in [1.807, 2.05) is 64.3 Å². The largest absolute Gasteiger partial charge is 0.493 e. The molecular formula is C24H28N4O3. The summed E-state index contributed by atoms with van der Waals surface area (Å²) < 4.78 is 13.3. The monoisotopic (exact) mass is 420 g/mol. The first kappa shape index (κ1) is 20.9. The average Bonchev–Trinajstić information content (AvgIpc) is 3.37. The maximum atomic E-state index is 12.7. The van der Waals surface area contributed by atoms with Crippen LogP contribution in [-0.4, -0.2) is 46.0 Å². The fraction of sp³-hybridized carbons (Fsp3) is 0.375. The lowest BCUT2D eigenvalue weighted by atomic mass is 10.0. The van der Waals surface area contributed by atoms with E-state index in [1.165, 1.54) is 0 Å². The van der Waals surface area contributed by atoms with Crippen LogP contribution in [0.5, 0.6) is 11.5 Å². The van der Waals surface area contributed by atoms with Crippen LogP contribution < -0.4 is 9.47 Å². The van der Waals surface area contributed by atoms with Crippen molar-refractivity contribution in [2.75, 3.05) is 20.2 Å². The summed E-state index contributed by atoms with van der Waals surface area (Å²) in [4.78, 5) is 14.7. The van der Waals surface area contributed by atoms with E-state index >= 15 is 0 Å². The van der Waals surface area contributed by atoms with E-state index in [0.717, 1.165) is 37.1 Å². The molecule has 7 heteroatoms. The van der Waals surface area contributed by atoms with Crippen LogP contribution in [0.2, 0.25) is 0 Å². The van der Waals surface area contributed by atoms with Gasteiger partial charge in [-0.15, -0.1) is 5.10 Å². The van der Waals surface area contributed by atoms with Crippen LogP contribution in [0, 0.1) is 0 Å². The van der Waals surface area contributed by atoms with Gasteiger partial charge in [0.15, 0.2) is 11.5 Å². The summed E-state index contributed by atoms with van der Waals surface area (Å²) in [6.07, 6.45) is 6.57. The third-order valence-corrected chi connectivity index (χ3v) is 5.73. The lowest BCUT2D eigenvalue weighted by Crippen LogP contribution is -2.39. The van der Waals surface area contributed by atoms with Crippen molar-refractivity contribution in [1.29, 1.82) is 0 Å². The molecule has 0 N–H and O–H groups in total. The van der Waals surface area contributed by atoms with Crippen molar-refractivity contribution in [3.8, 4) is 11.5 Å². The molecule has 1 saturated heterocycles.